The van der Waals surface area contributed by atoms with Gasteiger partial charge in [-0.05, 0) is 30.2 Å². The molecule has 0 N–H and O–H groups in total. The second-order valence-corrected chi connectivity index (χ2v) is 4.85. The summed E-state index contributed by atoms with van der Waals surface area (Å²) in [5.74, 6) is -0.276. The largest absolute Gasteiger partial charge is 0.422 e. The number of esters is 1. The van der Waals surface area contributed by atoms with E-state index in [0.717, 1.165) is 18.4 Å². The number of nitriles is 1. The number of hydrogen-bond donors (Lipinski definition) is 0. The van der Waals surface area contributed by atoms with E-state index in [-0.39, 0.29) is 16.5 Å². The highest BCUT2D eigenvalue weighted by molar-refractivity contribution is 6.31. The lowest BCUT2D eigenvalue weighted by molar-refractivity contribution is 0.0728. The summed E-state index contributed by atoms with van der Waals surface area (Å²) in [6, 6.07) is 9.90. The molecule has 1 aromatic heterocycles. The van der Waals surface area contributed by atoms with Gasteiger partial charge >= 0.3 is 5.97 Å². The van der Waals surface area contributed by atoms with Crippen molar-refractivity contribution in [3.63, 3.8) is 0 Å². The highest BCUT2D eigenvalue weighted by Gasteiger charge is 2.11. The van der Waals surface area contributed by atoms with Crippen LogP contribution in [0.3, 0.4) is 0 Å². The molecule has 0 bridgehead atoms. The highest BCUT2D eigenvalue weighted by atomic mass is 35.5. The Hall–Kier alpha value is -2.38. The average Bonchev–Trinajstić information content (AvgIpc) is 2.48. The lowest BCUT2D eigenvalue weighted by Gasteiger charge is -2.05. The minimum absolute atomic E-state index is 0.232. The molecule has 106 valence electrons. The Morgan fingerprint density at radius 1 is 1.38 bits per heavy atom. The quantitative estimate of drug-likeness (QED) is 0.637. The van der Waals surface area contributed by atoms with E-state index in [1.54, 1.807) is 12.3 Å². The fourth-order valence-electron chi connectivity index (χ4n) is 1.79. The van der Waals surface area contributed by atoms with Gasteiger partial charge < -0.3 is 4.74 Å². The van der Waals surface area contributed by atoms with Crippen LogP contribution in [0.4, 0.5) is 0 Å². The van der Waals surface area contributed by atoms with Crippen LogP contribution in [0.5, 0.6) is 5.75 Å². The molecule has 0 amide bonds. The van der Waals surface area contributed by atoms with E-state index in [1.807, 2.05) is 12.1 Å². The maximum absolute atomic E-state index is 12.0. The van der Waals surface area contributed by atoms with Crippen molar-refractivity contribution in [1.29, 1.82) is 5.26 Å². The lowest BCUT2D eigenvalue weighted by Crippen LogP contribution is -2.10. The molecule has 2 rings (SSSR count). The molecule has 4 nitrogen and oxygen atoms in total. The van der Waals surface area contributed by atoms with Gasteiger partial charge in [0.15, 0.2) is 0 Å². The molecule has 0 fully saturated rings. The van der Waals surface area contributed by atoms with E-state index >= 15 is 0 Å². The first kappa shape index (κ1) is 15.0. The number of carbonyl (C=O) groups excluding carboxylic acids is 1. The second kappa shape index (κ2) is 6.87. The summed E-state index contributed by atoms with van der Waals surface area (Å²) in [4.78, 5) is 16.0. The van der Waals surface area contributed by atoms with E-state index in [4.69, 9.17) is 21.6 Å². The first-order valence-corrected chi connectivity index (χ1v) is 6.88. The molecule has 0 spiro atoms. The molecule has 0 aliphatic heterocycles. The summed E-state index contributed by atoms with van der Waals surface area (Å²) < 4.78 is 5.19. The van der Waals surface area contributed by atoms with Crippen molar-refractivity contribution in [2.75, 3.05) is 0 Å². The molecule has 0 saturated heterocycles. The van der Waals surface area contributed by atoms with Crippen molar-refractivity contribution in [1.82, 2.24) is 4.98 Å². The van der Waals surface area contributed by atoms with Crippen molar-refractivity contribution < 1.29 is 9.53 Å². The van der Waals surface area contributed by atoms with E-state index in [0.29, 0.717) is 5.56 Å². The maximum atomic E-state index is 12.0. The summed E-state index contributed by atoms with van der Waals surface area (Å²) in [7, 11) is 0. The van der Waals surface area contributed by atoms with Gasteiger partial charge in [-0.15, -0.1) is 0 Å². The predicted octanol–water partition coefficient (Wildman–Crippen LogP) is 3.78. The molecular formula is C16H13ClN2O2. The molecule has 0 aliphatic rings. The van der Waals surface area contributed by atoms with Gasteiger partial charge in [0.1, 0.15) is 17.5 Å². The van der Waals surface area contributed by atoms with E-state index in [1.165, 1.54) is 18.2 Å². The SMILES string of the molecule is CCCc1ccc(C(=O)Oc2ccc(C#N)c(Cl)c2)nc1. The first-order valence-electron chi connectivity index (χ1n) is 6.50. The van der Waals surface area contributed by atoms with Gasteiger partial charge in [0.25, 0.3) is 0 Å². The fourth-order valence-corrected chi connectivity index (χ4v) is 2.00. The minimum atomic E-state index is -0.557. The highest BCUT2D eigenvalue weighted by Crippen LogP contribution is 2.22. The van der Waals surface area contributed by atoms with Crippen LogP contribution in [0.25, 0.3) is 0 Å². The Balaban J connectivity index is 2.10. The Kier molecular flexibility index (Phi) is 4.91. The Morgan fingerprint density at radius 3 is 2.76 bits per heavy atom. The number of carbonyl (C=O) groups is 1. The minimum Gasteiger partial charge on any atom is -0.422 e. The van der Waals surface area contributed by atoms with Gasteiger partial charge in [0.2, 0.25) is 0 Å². The number of aryl methyl sites for hydroxylation is 1. The van der Waals surface area contributed by atoms with Gasteiger partial charge in [0, 0.05) is 12.3 Å². The lowest BCUT2D eigenvalue weighted by atomic mass is 10.1. The molecule has 21 heavy (non-hydrogen) atoms. The fraction of sp³-hybridized carbons (Fsp3) is 0.188. The van der Waals surface area contributed by atoms with Crippen molar-refractivity contribution in [3.8, 4) is 11.8 Å². The van der Waals surface area contributed by atoms with Crippen molar-refractivity contribution in [2.24, 2.45) is 0 Å². The molecule has 2 aromatic rings. The van der Waals surface area contributed by atoms with Crippen LogP contribution < -0.4 is 4.74 Å². The third-order valence-corrected chi connectivity index (χ3v) is 3.16. The van der Waals surface area contributed by atoms with Crippen LogP contribution in [0.2, 0.25) is 5.02 Å². The molecule has 0 aliphatic carbocycles. The van der Waals surface area contributed by atoms with Crippen LogP contribution >= 0.6 is 11.6 Å². The van der Waals surface area contributed by atoms with E-state index in [2.05, 4.69) is 11.9 Å². The number of nitrogens with zero attached hydrogens (tertiary/aromatic N) is 2. The zero-order valence-corrected chi connectivity index (χ0v) is 12.2. The number of hydrogen-bond acceptors (Lipinski definition) is 4. The van der Waals surface area contributed by atoms with Gasteiger partial charge in [-0.3, -0.25) is 0 Å². The van der Waals surface area contributed by atoms with Crippen LogP contribution in [0.15, 0.2) is 36.5 Å². The number of rotatable bonds is 4. The summed E-state index contributed by atoms with van der Waals surface area (Å²) in [5.41, 5.74) is 1.64. The Morgan fingerprint density at radius 2 is 2.19 bits per heavy atom. The molecule has 5 heteroatoms. The van der Waals surface area contributed by atoms with Gasteiger partial charge in [-0.2, -0.15) is 5.26 Å². The monoisotopic (exact) mass is 300 g/mol. The standard InChI is InChI=1S/C16H13ClN2O2/c1-2-3-11-4-7-15(19-10-11)16(20)21-13-6-5-12(9-18)14(17)8-13/h4-8,10H,2-3H2,1H3. The molecule has 0 atom stereocenters. The second-order valence-electron chi connectivity index (χ2n) is 4.44. The summed E-state index contributed by atoms with van der Waals surface area (Å²) in [5, 5.41) is 9.03. The Bertz CT molecular complexity index is 690. The number of aromatic nitrogens is 1. The summed E-state index contributed by atoms with van der Waals surface area (Å²) in [6.07, 6.45) is 3.62. The van der Waals surface area contributed by atoms with Crippen molar-refractivity contribution in [3.05, 3.63) is 58.4 Å². The summed E-state index contributed by atoms with van der Waals surface area (Å²) in [6.45, 7) is 2.08. The molecule has 1 aromatic carbocycles. The number of halogens is 1. The molecule has 1 heterocycles. The van der Waals surface area contributed by atoms with Gasteiger partial charge in [-0.1, -0.05) is 31.0 Å². The van der Waals surface area contributed by atoms with Crippen molar-refractivity contribution in [2.45, 2.75) is 19.8 Å². The normalized spacial score (nSPS) is 9.95. The van der Waals surface area contributed by atoms with Gasteiger partial charge in [0.05, 0.1) is 10.6 Å². The Labute approximate surface area is 128 Å². The number of pyridine rings is 1. The predicted molar refractivity (Wildman–Crippen MR) is 79.4 cm³/mol. The van der Waals surface area contributed by atoms with Crippen molar-refractivity contribution >= 4 is 17.6 Å². The smallest absolute Gasteiger partial charge is 0.362 e. The first-order chi connectivity index (χ1) is 10.1. The van der Waals surface area contributed by atoms with Crippen LogP contribution in [-0.2, 0) is 6.42 Å². The van der Waals surface area contributed by atoms with Crippen LogP contribution in [0, 0.1) is 11.3 Å². The molecular weight excluding hydrogens is 288 g/mol. The third-order valence-electron chi connectivity index (χ3n) is 2.84. The maximum Gasteiger partial charge on any atom is 0.362 e. The molecule has 0 unspecified atom stereocenters. The molecule has 0 radical (unpaired) electrons. The van der Waals surface area contributed by atoms with E-state index in [9.17, 15) is 4.79 Å². The topological polar surface area (TPSA) is 63.0 Å². The van der Waals surface area contributed by atoms with Gasteiger partial charge in [-0.25, -0.2) is 9.78 Å². The third kappa shape index (κ3) is 3.80. The van der Waals surface area contributed by atoms with Crippen LogP contribution in [-0.4, -0.2) is 11.0 Å². The van der Waals surface area contributed by atoms with E-state index < -0.39 is 5.97 Å². The zero-order valence-electron chi connectivity index (χ0n) is 11.5. The zero-order chi connectivity index (χ0) is 15.2. The van der Waals surface area contributed by atoms with Crippen LogP contribution in [0.1, 0.15) is 35.0 Å². The number of benzene rings is 1. The molecule has 0 saturated carbocycles. The summed E-state index contributed by atoms with van der Waals surface area (Å²) >= 11 is 5.89. The number of ether oxygens (including phenoxy) is 1. The average molecular weight is 301 g/mol.